The first-order chi connectivity index (χ1) is 8.70. The molecule has 0 radical (unpaired) electrons. The van der Waals surface area contributed by atoms with Crippen LogP contribution in [0.15, 0.2) is 30.9 Å². The monoisotopic (exact) mass is 243 g/mol. The fourth-order valence-electron chi connectivity index (χ4n) is 1.73. The van der Waals surface area contributed by atoms with Gasteiger partial charge in [-0.1, -0.05) is 0 Å². The first kappa shape index (κ1) is 12.4. The second kappa shape index (κ2) is 5.55. The van der Waals surface area contributed by atoms with Crippen molar-refractivity contribution in [3.05, 3.63) is 47.8 Å². The van der Waals surface area contributed by atoms with Crippen molar-refractivity contribution in [1.82, 2.24) is 20.3 Å². The predicted molar refractivity (Wildman–Crippen MR) is 70.9 cm³/mol. The van der Waals surface area contributed by atoms with E-state index >= 15 is 0 Å². The quantitative estimate of drug-likeness (QED) is 0.845. The molecule has 18 heavy (non-hydrogen) atoms. The Morgan fingerprint density at radius 1 is 1.28 bits per heavy atom. The van der Waals surface area contributed by atoms with Crippen molar-refractivity contribution in [2.75, 3.05) is 12.8 Å². The fourth-order valence-corrected chi connectivity index (χ4v) is 1.73. The molecule has 5 nitrogen and oxygen atoms in total. The smallest absolute Gasteiger partial charge is 0.145 e. The van der Waals surface area contributed by atoms with Gasteiger partial charge in [-0.25, -0.2) is 9.97 Å². The van der Waals surface area contributed by atoms with Gasteiger partial charge >= 0.3 is 0 Å². The van der Waals surface area contributed by atoms with E-state index in [9.17, 15) is 0 Å². The Balaban J connectivity index is 2.20. The molecule has 1 unspecified atom stereocenters. The minimum Gasteiger partial charge on any atom is -0.398 e. The van der Waals surface area contributed by atoms with Gasteiger partial charge in [0.1, 0.15) is 5.82 Å². The summed E-state index contributed by atoms with van der Waals surface area (Å²) in [5, 5.41) is 3.21. The highest BCUT2D eigenvalue weighted by atomic mass is 15.0. The lowest BCUT2D eigenvalue weighted by Crippen LogP contribution is -2.21. The molecule has 2 rings (SSSR count). The van der Waals surface area contributed by atoms with Crippen LogP contribution in [0.3, 0.4) is 0 Å². The zero-order valence-electron chi connectivity index (χ0n) is 10.6. The van der Waals surface area contributed by atoms with Gasteiger partial charge in [-0.2, -0.15) is 0 Å². The van der Waals surface area contributed by atoms with E-state index in [1.807, 2.05) is 26.4 Å². The first-order valence-corrected chi connectivity index (χ1v) is 5.85. The third-order valence-corrected chi connectivity index (χ3v) is 2.83. The van der Waals surface area contributed by atoms with Crippen molar-refractivity contribution in [2.24, 2.45) is 0 Å². The molecular weight excluding hydrogens is 226 g/mol. The van der Waals surface area contributed by atoms with Crippen LogP contribution in [0.4, 0.5) is 5.69 Å². The van der Waals surface area contributed by atoms with Crippen LogP contribution in [0, 0.1) is 6.92 Å². The summed E-state index contributed by atoms with van der Waals surface area (Å²) in [5.74, 6) is 0.770. The average molecular weight is 243 g/mol. The summed E-state index contributed by atoms with van der Waals surface area (Å²) in [4.78, 5) is 12.8. The Morgan fingerprint density at radius 3 is 2.61 bits per heavy atom. The number of anilines is 1. The number of pyridine rings is 1. The molecule has 2 aromatic rings. The molecule has 0 spiro atoms. The predicted octanol–water partition coefficient (Wildman–Crippen LogP) is 1.27. The zero-order chi connectivity index (χ0) is 13.0. The third kappa shape index (κ3) is 2.81. The van der Waals surface area contributed by atoms with Gasteiger partial charge in [0.2, 0.25) is 0 Å². The minimum absolute atomic E-state index is 0.0390. The summed E-state index contributed by atoms with van der Waals surface area (Å²) in [6.07, 6.45) is 7.83. The topological polar surface area (TPSA) is 76.7 Å². The fraction of sp³-hybridized carbons (Fsp3) is 0.308. The molecule has 0 fully saturated rings. The number of nitrogens with two attached hydrogens (primary N) is 1. The molecule has 0 amide bonds. The second-order valence-corrected chi connectivity index (χ2v) is 4.24. The standard InChI is InChI=1S/C13H17N5/c1-9-6-17-13(18-7-9)12(15-2)5-10-8-16-4-3-11(10)14/h3-4,6-8,12,15H,5H2,1-2H3,(H2,14,16). The lowest BCUT2D eigenvalue weighted by atomic mass is 10.1. The van der Waals surface area contributed by atoms with E-state index in [4.69, 9.17) is 5.73 Å². The maximum atomic E-state index is 5.92. The highest BCUT2D eigenvalue weighted by Crippen LogP contribution is 2.18. The first-order valence-electron chi connectivity index (χ1n) is 5.85. The van der Waals surface area contributed by atoms with Crippen molar-refractivity contribution in [3.8, 4) is 0 Å². The van der Waals surface area contributed by atoms with Crippen molar-refractivity contribution in [2.45, 2.75) is 19.4 Å². The van der Waals surface area contributed by atoms with Crippen LogP contribution < -0.4 is 11.1 Å². The molecule has 0 aliphatic carbocycles. The summed E-state index contributed by atoms with van der Waals surface area (Å²) in [5.41, 5.74) is 8.72. The normalized spacial score (nSPS) is 12.3. The van der Waals surface area contributed by atoms with Gasteiger partial charge in [0.05, 0.1) is 6.04 Å². The zero-order valence-corrected chi connectivity index (χ0v) is 10.6. The number of nitrogens with one attached hydrogen (secondary N) is 1. The summed E-state index contributed by atoms with van der Waals surface area (Å²) in [7, 11) is 1.89. The van der Waals surface area contributed by atoms with Crippen molar-refractivity contribution in [1.29, 1.82) is 0 Å². The number of aryl methyl sites for hydroxylation is 1. The van der Waals surface area contributed by atoms with Gasteiger partial charge in [0.25, 0.3) is 0 Å². The van der Waals surface area contributed by atoms with Crippen LogP contribution in [0.2, 0.25) is 0 Å². The van der Waals surface area contributed by atoms with E-state index < -0.39 is 0 Å². The summed E-state index contributed by atoms with van der Waals surface area (Å²) >= 11 is 0. The number of hydrogen-bond donors (Lipinski definition) is 2. The van der Waals surface area contributed by atoms with Gasteiger partial charge in [0.15, 0.2) is 0 Å². The molecule has 0 saturated carbocycles. The highest BCUT2D eigenvalue weighted by molar-refractivity contribution is 5.44. The molecular formula is C13H17N5. The molecule has 5 heteroatoms. The van der Waals surface area contributed by atoms with Gasteiger partial charge in [-0.15, -0.1) is 0 Å². The summed E-state index contributed by atoms with van der Waals surface area (Å²) < 4.78 is 0. The molecule has 3 N–H and O–H groups in total. The minimum atomic E-state index is 0.0390. The largest absolute Gasteiger partial charge is 0.398 e. The molecule has 0 bridgehead atoms. The maximum absolute atomic E-state index is 5.92. The van der Waals surface area contributed by atoms with Crippen LogP contribution in [-0.4, -0.2) is 22.0 Å². The van der Waals surface area contributed by atoms with E-state index in [1.165, 1.54) is 0 Å². The number of aromatic nitrogens is 3. The lowest BCUT2D eigenvalue weighted by molar-refractivity contribution is 0.556. The van der Waals surface area contributed by atoms with Gasteiger partial charge in [0, 0.05) is 30.5 Å². The van der Waals surface area contributed by atoms with E-state index in [0.29, 0.717) is 0 Å². The number of rotatable bonds is 4. The van der Waals surface area contributed by atoms with E-state index in [2.05, 4.69) is 20.3 Å². The molecule has 0 aromatic carbocycles. The van der Waals surface area contributed by atoms with Crippen molar-refractivity contribution < 1.29 is 0 Å². The van der Waals surface area contributed by atoms with Crippen LogP contribution >= 0.6 is 0 Å². The number of hydrogen-bond acceptors (Lipinski definition) is 5. The Bertz CT molecular complexity index is 509. The van der Waals surface area contributed by atoms with Gasteiger partial charge in [-0.05, 0) is 37.6 Å². The number of nitrogen functional groups attached to an aromatic ring is 1. The lowest BCUT2D eigenvalue weighted by Gasteiger charge is -2.15. The number of likely N-dealkylation sites (N-methyl/N-ethyl adjacent to an activating group) is 1. The van der Waals surface area contributed by atoms with Crippen molar-refractivity contribution >= 4 is 5.69 Å². The van der Waals surface area contributed by atoms with Crippen LogP contribution in [0.1, 0.15) is 23.0 Å². The van der Waals surface area contributed by atoms with Gasteiger partial charge in [-0.3, -0.25) is 4.98 Å². The van der Waals surface area contributed by atoms with Crippen LogP contribution in [0.25, 0.3) is 0 Å². The molecule has 0 aliphatic rings. The Kier molecular flexibility index (Phi) is 3.84. The number of nitrogens with zero attached hydrogens (tertiary/aromatic N) is 3. The maximum Gasteiger partial charge on any atom is 0.145 e. The van der Waals surface area contributed by atoms with Gasteiger partial charge < -0.3 is 11.1 Å². The van der Waals surface area contributed by atoms with E-state index in [1.54, 1.807) is 18.5 Å². The van der Waals surface area contributed by atoms with Crippen LogP contribution in [-0.2, 0) is 6.42 Å². The van der Waals surface area contributed by atoms with Crippen LogP contribution in [0.5, 0.6) is 0 Å². The summed E-state index contributed by atoms with van der Waals surface area (Å²) in [6.45, 7) is 1.97. The Labute approximate surface area is 106 Å². The summed E-state index contributed by atoms with van der Waals surface area (Å²) in [6, 6.07) is 1.84. The molecule has 94 valence electrons. The van der Waals surface area contributed by atoms with E-state index in [-0.39, 0.29) is 6.04 Å². The Morgan fingerprint density at radius 2 is 2.00 bits per heavy atom. The molecule has 0 aliphatic heterocycles. The van der Waals surface area contributed by atoms with Crippen molar-refractivity contribution in [3.63, 3.8) is 0 Å². The average Bonchev–Trinajstić information content (AvgIpc) is 2.39. The Hall–Kier alpha value is -2.01. The van der Waals surface area contributed by atoms with E-state index in [0.717, 1.165) is 29.1 Å². The molecule has 0 saturated heterocycles. The third-order valence-electron chi connectivity index (χ3n) is 2.83. The second-order valence-electron chi connectivity index (χ2n) is 4.24. The molecule has 1 atom stereocenters. The highest BCUT2D eigenvalue weighted by Gasteiger charge is 2.14. The molecule has 2 heterocycles. The molecule has 2 aromatic heterocycles. The SMILES string of the molecule is CNC(Cc1cnccc1N)c1ncc(C)cn1.